The molecule has 8 heteroatoms. The second-order valence-electron chi connectivity index (χ2n) is 5.11. The Morgan fingerprint density at radius 3 is 2.62 bits per heavy atom. The van der Waals surface area contributed by atoms with Crippen LogP contribution in [0.1, 0.15) is 6.42 Å². The van der Waals surface area contributed by atoms with Gasteiger partial charge in [0.2, 0.25) is 11.9 Å². The van der Waals surface area contributed by atoms with E-state index in [4.69, 9.17) is 0 Å². The lowest BCUT2D eigenvalue weighted by Gasteiger charge is -2.14. The molecule has 0 spiro atoms. The van der Waals surface area contributed by atoms with Gasteiger partial charge in [0.25, 0.3) is 0 Å². The van der Waals surface area contributed by atoms with Crippen LogP contribution in [0.15, 0.2) is 24.3 Å². The third-order valence-corrected chi connectivity index (χ3v) is 3.67. The first kappa shape index (κ1) is 13.3. The smallest absolute Gasteiger partial charge is 0.321 e. The number of nitro groups is 1. The molecule has 3 amide bonds. The Bertz CT molecular complexity index is 601. The van der Waals surface area contributed by atoms with Gasteiger partial charge in [-0.1, -0.05) is 0 Å². The number of nitrogens with zero attached hydrogens (tertiary/aromatic N) is 2. The summed E-state index contributed by atoms with van der Waals surface area (Å²) in [4.78, 5) is 35.0. The molecule has 1 saturated carbocycles. The van der Waals surface area contributed by atoms with E-state index in [1.54, 1.807) is 29.2 Å². The number of anilines is 2. The van der Waals surface area contributed by atoms with Crippen LogP contribution in [-0.4, -0.2) is 36.0 Å². The molecule has 2 fully saturated rings. The van der Waals surface area contributed by atoms with E-state index >= 15 is 0 Å². The van der Waals surface area contributed by atoms with Crippen molar-refractivity contribution in [3.63, 3.8) is 0 Å². The van der Waals surface area contributed by atoms with Crippen LogP contribution in [0.4, 0.5) is 16.2 Å². The van der Waals surface area contributed by atoms with E-state index in [2.05, 4.69) is 10.6 Å². The highest BCUT2D eigenvalue weighted by atomic mass is 16.6. The van der Waals surface area contributed by atoms with Crippen LogP contribution in [0.5, 0.6) is 0 Å². The molecule has 0 radical (unpaired) electrons. The summed E-state index contributed by atoms with van der Waals surface area (Å²) in [6, 6.07) is 5.94. The van der Waals surface area contributed by atoms with Gasteiger partial charge in [-0.25, -0.2) is 4.79 Å². The maximum Gasteiger partial charge on any atom is 0.321 e. The summed E-state index contributed by atoms with van der Waals surface area (Å²) in [6.45, 7) is 1.22. The molecule has 2 aliphatic rings. The van der Waals surface area contributed by atoms with E-state index < -0.39 is 16.9 Å². The molecule has 21 heavy (non-hydrogen) atoms. The van der Waals surface area contributed by atoms with Crippen LogP contribution < -0.4 is 15.5 Å². The summed E-state index contributed by atoms with van der Waals surface area (Å²) in [5, 5.41) is 15.9. The fourth-order valence-corrected chi connectivity index (χ4v) is 2.37. The van der Waals surface area contributed by atoms with Crippen molar-refractivity contribution in [2.24, 2.45) is 5.92 Å². The van der Waals surface area contributed by atoms with E-state index in [0.29, 0.717) is 25.2 Å². The molecule has 1 aliphatic heterocycles. The predicted molar refractivity (Wildman–Crippen MR) is 74.7 cm³/mol. The van der Waals surface area contributed by atoms with Gasteiger partial charge in [0, 0.05) is 35.8 Å². The largest absolute Gasteiger partial charge is 0.336 e. The Hall–Kier alpha value is -2.64. The number of benzene rings is 1. The topological polar surface area (TPSA) is 105 Å². The first-order chi connectivity index (χ1) is 10.1. The van der Waals surface area contributed by atoms with Crippen LogP contribution in [0, 0.1) is 16.0 Å². The number of urea groups is 1. The van der Waals surface area contributed by atoms with Crippen LogP contribution in [0.25, 0.3) is 0 Å². The van der Waals surface area contributed by atoms with Gasteiger partial charge in [-0.15, -0.1) is 0 Å². The first-order valence-corrected chi connectivity index (χ1v) is 6.66. The van der Waals surface area contributed by atoms with E-state index in [0.717, 1.165) is 5.69 Å². The zero-order valence-electron chi connectivity index (χ0n) is 11.1. The van der Waals surface area contributed by atoms with Crippen molar-refractivity contribution < 1.29 is 14.5 Å². The lowest BCUT2D eigenvalue weighted by atomic mass is 10.2. The van der Waals surface area contributed by atoms with Crippen LogP contribution >= 0.6 is 0 Å². The Balaban J connectivity index is 1.61. The average Bonchev–Trinajstić information content (AvgIpc) is 3.16. The number of hydrogen-bond donors (Lipinski definition) is 2. The molecule has 8 nitrogen and oxygen atoms in total. The molecule has 2 unspecified atom stereocenters. The van der Waals surface area contributed by atoms with Gasteiger partial charge >= 0.3 is 6.03 Å². The average molecular weight is 290 g/mol. The Kier molecular flexibility index (Phi) is 3.20. The monoisotopic (exact) mass is 290 g/mol. The fraction of sp³-hybridized carbons (Fsp3) is 0.385. The third-order valence-electron chi connectivity index (χ3n) is 3.67. The van der Waals surface area contributed by atoms with Crippen molar-refractivity contribution >= 4 is 23.3 Å². The highest BCUT2D eigenvalue weighted by Crippen LogP contribution is 2.34. The Morgan fingerprint density at radius 2 is 2.10 bits per heavy atom. The lowest BCUT2D eigenvalue weighted by molar-refractivity contribution is -0.497. The maximum absolute atomic E-state index is 11.8. The van der Waals surface area contributed by atoms with Crippen molar-refractivity contribution in [3.05, 3.63) is 34.4 Å². The SMILES string of the molecule is O=C(Nc1ccc(N2CCNC2=O)cc1)C1CC1[N+](=O)[O-]. The second kappa shape index (κ2) is 5.04. The molecule has 1 aliphatic carbocycles. The van der Waals surface area contributed by atoms with Gasteiger partial charge in [0.15, 0.2) is 0 Å². The minimum atomic E-state index is -0.752. The highest BCUT2D eigenvalue weighted by molar-refractivity contribution is 5.96. The minimum Gasteiger partial charge on any atom is -0.336 e. The van der Waals surface area contributed by atoms with Crippen LogP contribution in [-0.2, 0) is 4.79 Å². The first-order valence-electron chi connectivity index (χ1n) is 6.66. The molecule has 2 atom stereocenters. The molecule has 2 N–H and O–H groups in total. The molecule has 1 aromatic carbocycles. The van der Waals surface area contributed by atoms with Gasteiger partial charge in [-0.05, 0) is 24.3 Å². The van der Waals surface area contributed by atoms with Crippen molar-refractivity contribution in [1.82, 2.24) is 5.32 Å². The number of amides is 3. The third kappa shape index (κ3) is 2.64. The standard InChI is InChI=1S/C13H14N4O4/c18-12(10-7-11(10)17(20)21)15-8-1-3-9(4-2-8)16-6-5-14-13(16)19/h1-4,10-11H,5-7H2,(H,14,19)(H,15,18). The van der Waals surface area contributed by atoms with Crippen molar-refractivity contribution in [2.75, 3.05) is 23.3 Å². The van der Waals surface area contributed by atoms with Gasteiger partial charge in [0.1, 0.15) is 5.92 Å². The molecule has 1 saturated heterocycles. The number of carbonyl (C=O) groups is 2. The zero-order valence-corrected chi connectivity index (χ0v) is 11.1. The number of nitrogens with one attached hydrogen (secondary N) is 2. The lowest BCUT2D eigenvalue weighted by Crippen LogP contribution is -2.27. The summed E-state index contributed by atoms with van der Waals surface area (Å²) < 4.78 is 0. The van der Waals surface area contributed by atoms with E-state index in [1.807, 2.05) is 0 Å². The van der Waals surface area contributed by atoms with Crippen LogP contribution in [0.3, 0.4) is 0 Å². The quantitative estimate of drug-likeness (QED) is 0.632. The molecule has 110 valence electrons. The Labute approximate surface area is 120 Å². The van der Waals surface area contributed by atoms with Gasteiger partial charge < -0.3 is 10.6 Å². The molecular formula is C13H14N4O4. The maximum atomic E-state index is 11.8. The second-order valence-corrected chi connectivity index (χ2v) is 5.11. The number of rotatable bonds is 4. The van der Waals surface area contributed by atoms with Gasteiger partial charge in [-0.3, -0.25) is 19.8 Å². The molecule has 0 aromatic heterocycles. The summed E-state index contributed by atoms with van der Waals surface area (Å²) in [7, 11) is 0. The van der Waals surface area contributed by atoms with Crippen molar-refractivity contribution in [3.8, 4) is 0 Å². The van der Waals surface area contributed by atoms with E-state index in [1.165, 1.54) is 0 Å². The number of hydrogen-bond acceptors (Lipinski definition) is 4. The van der Waals surface area contributed by atoms with Crippen molar-refractivity contribution in [2.45, 2.75) is 12.5 Å². The van der Waals surface area contributed by atoms with Gasteiger partial charge in [0.05, 0.1) is 0 Å². The molecular weight excluding hydrogens is 276 g/mol. The fourth-order valence-electron chi connectivity index (χ4n) is 2.37. The zero-order chi connectivity index (χ0) is 15.0. The van der Waals surface area contributed by atoms with Crippen LogP contribution in [0.2, 0.25) is 0 Å². The summed E-state index contributed by atoms with van der Waals surface area (Å²) in [5.41, 5.74) is 1.31. The number of carbonyl (C=O) groups excluding carboxylic acids is 2. The van der Waals surface area contributed by atoms with Crippen molar-refractivity contribution in [1.29, 1.82) is 0 Å². The normalized spacial score (nSPS) is 23.6. The molecule has 0 bridgehead atoms. The highest BCUT2D eigenvalue weighted by Gasteiger charge is 2.53. The predicted octanol–water partition coefficient (Wildman–Crippen LogP) is 0.820. The Morgan fingerprint density at radius 1 is 1.38 bits per heavy atom. The summed E-state index contributed by atoms with van der Waals surface area (Å²) in [5.74, 6) is -0.868. The molecule has 1 aromatic rings. The molecule has 1 heterocycles. The van der Waals surface area contributed by atoms with E-state index in [9.17, 15) is 19.7 Å². The molecule has 3 rings (SSSR count). The minimum absolute atomic E-state index is 0.140. The van der Waals surface area contributed by atoms with Gasteiger partial charge in [-0.2, -0.15) is 0 Å². The summed E-state index contributed by atoms with van der Waals surface area (Å²) >= 11 is 0. The summed E-state index contributed by atoms with van der Waals surface area (Å²) in [6.07, 6.45) is 0.296. The van der Waals surface area contributed by atoms with E-state index in [-0.39, 0.29) is 11.9 Å².